The van der Waals surface area contributed by atoms with Crippen LogP contribution >= 0.6 is 23.2 Å². The SMILES string of the molecule is COc1ccc(CN(C)CCN2CCOCC2)cc1C(=O)O[C@@H](Cc1c(Cl)c[nH+]cc1Cl)c1ccc(OC(F)F)c(OCC2CC2)c1. The molecule has 13 heteroatoms. The first kappa shape index (κ1) is 35.1. The van der Waals surface area contributed by atoms with Crippen LogP contribution in [0.4, 0.5) is 8.78 Å². The van der Waals surface area contributed by atoms with Gasteiger partial charge in [-0.3, -0.25) is 4.90 Å². The van der Waals surface area contributed by atoms with Crippen LogP contribution in [0.5, 0.6) is 17.2 Å². The zero-order valence-corrected chi connectivity index (χ0v) is 28.0. The fourth-order valence-electron chi connectivity index (χ4n) is 5.34. The molecule has 1 saturated carbocycles. The highest BCUT2D eigenvalue weighted by molar-refractivity contribution is 6.35. The summed E-state index contributed by atoms with van der Waals surface area (Å²) in [6, 6.07) is 9.95. The molecular weight excluding hydrogens is 655 g/mol. The maximum Gasteiger partial charge on any atom is 0.387 e. The summed E-state index contributed by atoms with van der Waals surface area (Å²) < 4.78 is 54.2. The van der Waals surface area contributed by atoms with Crippen LogP contribution < -0.4 is 19.2 Å². The molecule has 0 spiro atoms. The lowest BCUT2D eigenvalue weighted by molar-refractivity contribution is -0.377. The second-order valence-corrected chi connectivity index (χ2v) is 12.6. The molecule has 1 aliphatic carbocycles. The monoisotopic (exact) mass is 694 g/mol. The van der Waals surface area contributed by atoms with Crippen LogP contribution in [-0.2, 0) is 22.4 Å². The lowest BCUT2D eigenvalue weighted by atomic mass is 10.0. The number of hydrogen-bond acceptors (Lipinski definition) is 8. The van der Waals surface area contributed by atoms with Crippen molar-refractivity contribution in [1.82, 2.24) is 9.80 Å². The Hall–Kier alpha value is -3.22. The third-order valence-electron chi connectivity index (χ3n) is 8.20. The highest BCUT2D eigenvalue weighted by Gasteiger charge is 2.27. The molecule has 1 aromatic heterocycles. The highest BCUT2D eigenvalue weighted by atomic mass is 35.5. The number of likely N-dealkylation sites (N-methyl/N-ethyl adjacent to an activating group) is 1. The van der Waals surface area contributed by atoms with Crippen LogP contribution in [0.2, 0.25) is 10.0 Å². The molecule has 0 bridgehead atoms. The number of esters is 1. The van der Waals surface area contributed by atoms with Crippen molar-refractivity contribution in [3.05, 3.63) is 81.1 Å². The number of pyridine rings is 1. The molecule has 2 fully saturated rings. The number of aromatic amines is 1. The van der Waals surface area contributed by atoms with Crippen LogP contribution in [-0.4, -0.2) is 82.5 Å². The van der Waals surface area contributed by atoms with E-state index in [1.807, 2.05) is 13.1 Å². The predicted octanol–water partition coefficient (Wildman–Crippen LogP) is 6.11. The van der Waals surface area contributed by atoms with E-state index in [1.54, 1.807) is 36.7 Å². The molecule has 0 radical (unpaired) electrons. The zero-order valence-electron chi connectivity index (χ0n) is 26.5. The lowest BCUT2D eigenvalue weighted by Gasteiger charge is -2.28. The molecule has 2 aliphatic rings. The highest BCUT2D eigenvalue weighted by Crippen LogP contribution is 2.38. The Morgan fingerprint density at radius 2 is 1.79 bits per heavy atom. The smallest absolute Gasteiger partial charge is 0.387 e. The minimum atomic E-state index is -3.03. The summed E-state index contributed by atoms with van der Waals surface area (Å²) in [6.45, 7) is 3.04. The summed E-state index contributed by atoms with van der Waals surface area (Å²) in [5.41, 5.74) is 2.19. The van der Waals surface area contributed by atoms with Crippen LogP contribution in [0.25, 0.3) is 0 Å². The average Bonchev–Trinajstić information content (AvgIpc) is 3.89. The topological polar surface area (TPSA) is 83.8 Å². The van der Waals surface area contributed by atoms with Gasteiger partial charge in [0.2, 0.25) is 0 Å². The van der Waals surface area contributed by atoms with Crippen LogP contribution in [0, 0.1) is 5.92 Å². The molecule has 47 heavy (non-hydrogen) atoms. The fourth-order valence-corrected chi connectivity index (χ4v) is 5.87. The number of methoxy groups -OCH3 is 1. The quantitative estimate of drug-likeness (QED) is 0.166. The Morgan fingerprint density at radius 3 is 2.47 bits per heavy atom. The number of H-pyrrole nitrogens is 1. The van der Waals surface area contributed by atoms with E-state index in [0.29, 0.717) is 46.0 Å². The van der Waals surface area contributed by atoms with Gasteiger partial charge in [0.1, 0.15) is 27.5 Å². The van der Waals surface area contributed by atoms with E-state index in [-0.39, 0.29) is 23.5 Å². The molecule has 0 unspecified atom stereocenters. The number of nitrogens with zero attached hydrogens (tertiary/aromatic N) is 2. The van der Waals surface area contributed by atoms with Crippen molar-refractivity contribution in [2.45, 2.75) is 38.5 Å². The number of hydrogen-bond donors (Lipinski definition) is 0. The number of carbonyl (C=O) groups excluding carboxylic acids is 1. The van der Waals surface area contributed by atoms with E-state index in [1.165, 1.54) is 13.2 Å². The minimum absolute atomic E-state index is 0.0987. The first-order chi connectivity index (χ1) is 22.7. The van der Waals surface area contributed by atoms with Crippen LogP contribution in [0.15, 0.2) is 48.8 Å². The lowest BCUT2D eigenvalue weighted by Crippen LogP contribution is -2.40. The Labute approximate surface area is 283 Å². The summed E-state index contributed by atoms with van der Waals surface area (Å²) in [4.78, 5) is 21.3. The van der Waals surface area contributed by atoms with Gasteiger partial charge < -0.3 is 28.6 Å². The summed E-state index contributed by atoms with van der Waals surface area (Å²) in [5, 5.41) is 0.696. The maximum atomic E-state index is 13.9. The summed E-state index contributed by atoms with van der Waals surface area (Å²) in [6.07, 6.45) is 4.35. The van der Waals surface area contributed by atoms with Crippen LogP contribution in [0.1, 0.15) is 46.0 Å². The van der Waals surface area contributed by atoms with Gasteiger partial charge >= 0.3 is 12.6 Å². The molecule has 0 amide bonds. The molecular formula is C34H40Cl2F2N3O6+. The molecule has 1 N–H and O–H groups in total. The maximum absolute atomic E-state index is 13.9. The largest absolute Gasteiger partial charge is 0.496 e. The van der Waals surface area contributed by atoms with Crippen molar-refractivity contribution in [3.8, 4) is 17.2 Å². The van der Waals surface area contributed by atoms with Gasteiger partial charge in [-0.1, -0.05) is 35.3 Å². The van der Waals surface area contributed by atoms with Gasteiger partial charge in [-0.05, 0) is 61.2 Å². The predicted molar refractivity (Wildman–Crippen MR) is 173 cm³/mol. The molecule has 1 saturated heterocycles. The number of nitrogens with one attached hydrogen (secondary N) is 1. The molecule has 9 nitrogen and oxygen atoms in total. The number of rotatable bonds is 16. The molecule has 1 aliphatic heterocycles. The first-order valence-corrected chi connectivity index (χ1v) is 16.4. The van der Waals surface area contributed by atoms with Crippen molar-refractivity contribution in [3.63, 3.8) is 0 Å². The van der Waals surface area contributed by atoms with Crippen molar-refractivity contribution in [2.24, 2.45) is 5.92 Å². The Bertz CT molecular complexity index is 1490. The van der Waals surface area contributed by atoms with Gasteiger partial charge in [0, 0.05) is 44.7 Å². The number of morpholine rings is 1. The van der Waals surface area contributed by atoms with Gasteiger partial charge in [-0.25, -0.2) is 9.78 Å². The Balaban J connectivity index is 1.39. The van der Waals surface area contributed by atoms with Crippen molar-refractivity contribution < 1.29 is 42.2 Å². The molecule has 1 atom stereocenters. The molecule has 3 aromatic rings. The number of ether oxygens (including phenoxy) is 5. The van der Waals surface area contributed by atoms with Crippen molar-refractivity contribution >= 4 is 29.2 Å². The van der Waals surface area contributed by atoms with Gasteiger partial charge in [-0.2, -0.15) is 8.78 Å². The van der Waals surface area contributed by atoms with E-state index in [0.717, 1.165) is 57.8 Å². The van der Waals surface area contributed by atoms with E-state index in [4.69, 9.17) is 46.9 Å². The summed E-state index contributed by atoms with van der Waals surface area (Å²) >= 11 is 13.0. The molecule has 2 aromatic carbocycles. The summed E-state index contributed by atoms with van der Waals surface area (Å²) in [5.74, 6) is 0.116. The zero-order chi connectivity index (χ0) is 33.3. The average molecular weight is 696 g/mol. The standard InChI is InChI=1S/C34H39Cl2F2N3O6/c1-40(9-10-41-11-13-44-14-12-41)20-23-5-7-29(43-2)26(15-23)33(42)46-31(17-25-27(35)18-39-19-28(25)36)24-6-8-30(47-34(37)38)32(16-24)45-21-22-3-4-22/h5-8,15-16,18-19,22,31,34H,3-4,9-14,17,20-21H2,1-2H3/p+1/t31-/m0/s1. The van der Waals surface area contributed by atoms with Gasteiger partial charge in [0.25, 0.3) is 0 Å². The molecule has 5 rings (SSSR count). The summed E-state index contributed by atoms with van der Waals surface area (Å²) in [7, 11) is 3.52. The van der Waals surface area contributed by atoms with Gasteiger partial charge in [-0.15, -0.1) is 0 Å². The van der Waals surface area contributed by atoms with E-state index < -0.39 is 18.7 Å². The van der Waals surface area contributed by atoms with E-state index in [2.05, 4.69) is 14.8 Å². The third-order valence-corrected chi connectivity index (χ3v) is 8.87. The second kappa shape index (κ2) is 16.7. The number of aromatic nitrogens is 1. The Kier molecular flexibility index (Phi) is 12.5. The second-order valence-electron chi connectivity index (χ2n) is 11.8. The van der Waals surface area contributed by atoms with E-state index in [9.17, 15) is 13.6 Å². The minimum Gasteiger partial charge on any atom is -0.496 e. The number of carbonyl (C=O) groups is 1. The van der Waals surface area contributed by atoms with E-state index >= 15 is 0 Å². The van der Waals surface area contributed by atoms with Gasteiger partial charge in [0.15, 0.2) is 23.9 Å². The van der Waals surface area contributed by atoms with Crippen LogP contribution in [0.3, 0.4) is 0 Å². The normalized spacial score (nSPS) is 15.9. The molecule has 2 heterocycles. The third kappa shape index (κ3) is 10.1. The fraction of sp³-hybridized carbons (Fsp3) is 0.471. The van der Waals surface area contributed by atoms with Crippen molar-refractivity contribution in [2.75, 3.05) is 60.2 Å². The number of alkyl halides is 2. The number of benzene rings is 2. The number of halogens is 4. The van der Waals surface area contributed by atoms with Gasteiger partial charge in [0.05, 0.1) is 26.9 Å². The first-order valence-electron chi connectivity index (χ1n) is 15.6. The van der Waals surface area contributed by atoms with Crippen molar-refractivity contribution in [1.29, 1.82) is 0 Å². The molecule has 254 valence electrons. The Morgan fingerprint density at radius 1 is 1.06 bits per heavy atom.